The van der Waals surface area contributed by atoms with Crippen molar-refractivity contribution in [2.45, 2.75) is 31.5 Å². The van der Waals surface area contributed by atoms with Crippen LogP contribution >= 0.6 is 0 Å². The summed E-state index contributed by atoms with van der Waals surface area (Å²) >= 11 is 0. The lowest BCUT2D eigenvalue weighted by Gasteiger charge is -2.33. The third-order valence-corrected chi connectivity index (χ3v) is 4.98. The number of benzene rings is 2. The smallest absolute Gasteiger partial charge is 0.220 e. The topological polar surface area (TPSA) is 68.8 Å². The summed E-state index contributed by atoms with van der Waals surface area (Å²) in [6.45, 7) is 0.467. The number of amides is 1. The van der Waals surface area contributed by atoms with Crippen LogP contribution in [0, 0.1) is 5.82 Å². The fourth-order valence-corrected chi connectivity index (χ4v) is 3.51. The summed E-state index contributed by atoms with van der Waals surface area (Å²) in [5.41, 5.74) is 1.36. The molecule has 2 aromatic rings. The zero-order chi connectivity index (χ0) is 20.1. The van der Waals surface area contributed by atoms with E-state index in [1.807, 2.05) is 6.07 Å². The molecule has 1 saturated heterocycles. The van der Waals surface area contributed by atoms with Crippen LogP contribution in [0.15, 0.2) is 36.4 Å². The SMILES string of the molecule is COc1cc(OC)c(OC)cc1CN[C@@H]1CCC(=O)N[C@H]1c1ccccc1F. The predicted molar refractivity (Wildman–Crippen MR) is 103 cm³/mol. The van der Waals surface area contributed by atoms with Gasteiger partial charge in [-0.2, -0.15) is 0 Å². The Morgan fingerprint density at radius 2 is 1.75 bits per heavy atom. The first-order valence-corrected chi connectivity index (χ1v) is 9.13. The Hall–Kier alpha value is -2.80. The second-order valence-electron chi connectivity index (χ2n) is 6.61. The maximum Gasteiger partial charge on any atom is 0.220 e. The number of halogens is 1. The van der Waals surface area contributed by atoms with Crippen molar-refractivity contribution in [2.75, 3.05) is 21.3 Å². The van der Waals surface area contributed by atoms with Crippen molar-refractivity contribution in [3.05, 3.63) is 53.3 Å². The fourth-order valence-electron chi connectivity index (χ4n) is 3.51. The molecule has 2 aromatic carbocycles. The van der Waals surface area contributed by atoms with Gasteiger partial charge in [0, 0.05) is 36.2 Å². The molecule has 7 heteroatoms. The summed E-state index contributed by atoms with van der Waals surface area (Å²) in [5, 5.41) is 6.35. The molecule has 2 N–H and O–H groups in total. The Morgan fingerprint density at radius 3 is 2.43 bits per heavy atom. The number of ether oxygens (including phenoxy) is 3. The van der Waals surface area contributed by atoms with Crippen molar-refractivity contribution in [3.8, 4) is 17.2 Å². The summed E-state index contributed by atoms with van der Waals surface area (Å²) in [5.74, 6) is 1.44. The highest BCUT2D eigenvalue weighted by Gasteiger charge is 2.31. The highest BCUT2D eigenvalue weighted by molar-refractivity contribution is 5.77. The van der Waals surface area contributed by atoms with E-state index in [1.165, 1.54) is 6.07 Å². The molecule has 2 atom stereocenters. The van der Waals surface area contributed by atoms with E-state index in [1.54, 1.807) is 45.6 Å². The molecule has 6 nitrogen and oxygen atoms in total. The molecular weight excluding hydrogens is 363 g/mol. The maximum absolute atomic E-state index is 14.3. The average molecular weight is 388 g/mol. The van der Waals surface area contributed by atoms with Crippen LogP contribution in [0.25, 0.3) is 0 Å². The van der Waals surface area contributed by atoms with Crippen molar-refractivity contribution >= 4 is 5.91 Å². The summed E-state index contributed by atoms with van der Waals surface area (Å²) in [4.78, 5) is 11.9. The molecule has 0 unspecified atom stereocenters. The first kappa shape index (κ1) is 19.9. The van der Waals surface area contributed by atoms with Gasteiger partial charge >= 0.3 is 0 Å². The normalized spacial score (nSPS) is 19.1. The van der Waals surface area contributed by atoms with Gasteiger partial charge in [0.1, 0.15) is 11.6 Å². The second-order valence-corrected chi connectivity index (χ2v) is 6.61. The summed E-state index contributed by atoms with van der Waals surface area (Å²) < 4.78 is 30.5. The van der Waals surface area contributed by atoms with Gasteiger partial charge in [-0.05, 0) is 18.6 Å². The minimum absolute atomic E-state index is 0.0741. The van der Waals surface area contributed by atoms with E-state index in [2.05, 4.69) is 10.6 Å². The predicted octanol–water partition coefficient (Wildman–Crippen LogP) is 2.96. The molecule has 1 heterocycles. The van der Waals surface area contributed by atoms with E-state index in [9.17, 15) is 9.18 Å². The van der Waals surface area contributed by atoms with Crippen LogP contribution in [0.4, 0.5) is 4.39 Å². The Labute approximate surface area is 164 Å². The van der Waals surface area contributed by atoms with Gasteiger partial charge in [-0.3, -0.25) is 4.79 Å². The van der Waals surface area contributed by atoms with Crippen LogP contribution in [-0.4, -0.2) is 33.3 Å². The van der Waals surface area contributed by atoms with Gasteiger partial charge in [0.15, 0.2) is 11.5 Å². The Bertz CT molecular complexity index is 843. The number of carbonyl (C=O) groups is 1. The number of hydrogen-bond acceptors (Lipinski definition) is 5. The number of carbonyl (C=O) groups excluding carboxylic acids is 1. The first-order valence-electron chi connectivity index (χ1n) is 9.13. The maximum atomic E-state index is 14.3. The van der Waals surface area contributed by atoms with E-state index in [0.717, 1.165) is 5.56 Å². The van der Waals surface area contributed by atoms with E-state index in [4.69, 9.17) is 14.2 Å². The Morgan fingerprint density at radius 1 is 1.07 bits per heavy atom. The lowest BCUT2D eigenvalue weighted by atomic mass is 9.91. The first-order chi connectivity index (χ1) is 13.6. The molecule has 0 radical (unpaired) electrons. The van der Waals surface area contributed by atoms with Gasteiger partial charge in [-0.1, -0.05) is 18.2 Å². The van der Waals surface area contributed by atoms with Gasteiger partial charge in [0.2, 0.25) is 5.91 Å². The molecule has 0 aromatic heterocycles. The second kappa shape index (κ2) is 8.93. The van der Waals surface area contributed by atoms with Crippen LogP contribution in [0.5, 0.6) is 17.2 Å². The zero-order valence-corrected chi connectivity index (χ0v) is 16.3. The van der Waals surface area contributed by atoms with Gasteiger partial charge in [0.05, 0.1) is 27.4 Å². The summed E-state index contributed by atoms with van der Waals surface area (Å²) in [7, 11) is 4.74. The van der Waals surface area contributed by atoms with Gasteiger partial charge in [-0.25, -0.2) is 4.39 Å². The quantitative estimate of drug-likeness (QED) is 0.763. The molecule has 0 spiro atoms. The van der Waals surface area contributed by atoms with Crippen LogP contribution in [0.3, 0.4) is 0 Å². The monoisotopic (exact) mass is 388 g/mol. The molecule has 150 valence electrons. The zero-order valence-electron chi connectivity index (χ0n) is 16.3. The third kappa shape index (κ3) is 4.20. The highest BCUT2D eigenvalue weighted by atomic mass is 19.1. The summed E-state index contributed by atoms with van der Waals surface area (Å²) in [6.07, 6.45) is 1.01. The van der Waals surface area contributed by atoms with Crippen molar-refractivity contribution in [1.82, 2.24) is 10.6 Å². The largest absolute Gasteiger partial charge is 0.496 e. The molecular formula is C21H25FN2O4. The lowest BCUT2D eigenvalue weighted by molar-refractivity contribution is -0.123. The van der Waals surface area contributed by atoms with Crippen molar-refractivity contribution in [3.63, 3.8) is 0 Å². The lowest BCUT2D eigenvalue weighted by Crippen LogP contribution is -2.48. The van der Waals surface area contributed by atoms with E-state index in [-0.39, 0.29) is 17.8 Å². The van der Waals surface area contributed by atoms with Gasteiger partial charge in [-0.15, -0.1) is 0 Å². The van der Waals surface area contributed by atoms with Crippen molar-refractivity contribution in [1.29, 1.82) is 0 Å². The molecule has 28 heavy (non-hydrogen) atoms. The molecule has 1 amide bonds. The molecule has 0 aliphatic carbocycles. The van der Waals surface area contributed by atoms with Crippen LogP contribution < -0.4 is 24.8 Å². The summed E-state index contributed by atoms with van der Waals surface area (Å²) in [6, 6.07) is 9.59. The van der Waals surface area contributed by atoms with Crippen molar-refractivity contribution in [2.24, 2.45) is 0 Å². The molecule has 0 saturated carbocycles. The Balaban J connectivity index is 1.82. The molecule has 1 fully saturated rings. The number of hydrogen-bond donors (Lipinski definition) is 2. The number of nitrogens with one attached hydrogen (secondary N) is 2. The number of piperidine rings is 1. The molecule has 1 aliphatic heterocycles. The standard InChI is InChI=1S/C21H25FN2O4/c1-26-17-11-19(28-3)18(27-2)10-13(17)12-23-16-8-9-20(25)24-21(16)14-6-4-5-7-15(14)22/h4-7,10-11,16,21,23H,8-9,12H2,1-3H3,(H,24,25)/t16-,21+/m1/s1. The van der Waals surface area contributed by atoms with Gasteiger partial charge < -0.3 is 24.8 Å². The third-order valence-electron chi connectivity index (χ3n) is 4.98. The van der Waals surface area contributed by atoms with E-state index in [0.29, 0.717) is 42.2 Å². The van der Waals surface area contributed by atoms with E-state index < -0.39 is 6.04 Å². The molecule has 1 aliphatic rings. The Kier molecular flexibility index (Phi) is 6.36. The van der Waals surface area contributed by atoms with Crippen LogP contribution in [0.2, 0.25) is 0 Å². The van der Waals surface area contributed by atoms with Crippen molar-refractivity contribution < 1.29 is 23.4 Å². The minimum atomic E-state index is -0.436. The number of rotatable bonds is 7. The van der Waals surface area contributed by atoms with Crippen LogP contribution in [-0.2, 0) is 11.3 Å². The fraction of sp³-hybridized carbons (Fsp3) is 0.381. The number of methoxy groups -OCH3 is 3. The average Bonchev–Trinajstić information content (AvgIpc) is 2.72. The minimum Gasteiger partial charge on any atom is -0.496 e. The van der Waals surface area contributed by atoms with E-state index >= 15 is 0 Å². The van der Waals surface area contributed by atoms with Gasteiger partial charge in [0.25, 0.3) is 0 Å². The molecule has 0 bridgehead atoms. The molecule has 3 rings (SSSR count). The van der Waals surface area contributed by atoms with Crippen LogP contribution in [0.1, 0.15) is 30.0 Å². The highest BCUT2D eigenvalue weighted by Crippen LogP contribution is 2.35.